The first-order valence-corrected chi connectivity index (χ1v) is 10.2. The van der Waals surface area contributed by atoms with Crippen molar-refractivity contribution in [3.8, 4) is 0 Å². The Kier molecular flexibility index (Phi) is 5.97. The minimum absolute atomic E-state index is 0.111. The molecule has 11 heteroatoms. The maximum atomic E-state index is 11.6. The molecule has 1 saturated carbocycles. The second-order valence-corrected chi connectivity index (χ2v) is 8.79. The lowest BCUT2D eigenvalue weighted by atomic mass is 9.73. The average Bonchev–Trinajstić information content (AvgIpc) is 2.30. The zero-order valence-electron chi connectivity index (χ0n) is 12.7. The van der Waals surface area contributed by atoms with E-state index >= 15 is 0 Å². The molecule has 0 bridgehead atoms. The van der Waals surface area contributed by atoms with Crippen molar-refractivity contribution in [2.75, 3.05) is 12.5 Å². The summed E-state index contributed by atoms with van der Waals surface area (Å²) < 4.78 is 54.9. The second kappa shape index (κ2) is 6.85. The average molecular weight is 372 g/mol. The van der Waals surface area contributed by atoms with E-state index in [1.54, 1.807) is 0 Å². The van der Waals surface area contributed by atoms with Crippen LogP contribution >= 0.6 is 0 Å². The number of carbonyl (C=O) groups is 1. The Morgan fingerprint density at radius 2 is 1.83 bits per heavy atom. The Balaban J connectivity index is 3.23. The van der Waals surface area contributed by atoms with Crippen molar-refractivity contribution in [1.29, 1.82) is 0 Å². The Bertz CT molecular complexity index is 667. The van der Waals surface area contributed by atoms with Crippen LogP contribution in [0, 0.1) is 5.92 Å². The van der Waals surface area contributed by atoms with E-state index in [9.17, 15) is 31.8 Å². The van der Waals surface area contributed by atoms with Gasteiger partial charge in [-0.25, -0.2) is 4.79 Å². The van der Waals surface area contributed by atoms with E-state index in [4.69, 9.17) is 8.37 Å². The summed E-state index contributed by atoms with van der Waals surface area (Å²) in [4.78, 5) is 11.6. The van der Waals surface area contributed by atoms with Crippen LogP contribution in [0.3, 0.4) is 0 Å². The molecular weight excluding hydrogens is 352 g/mol. The SMILES string of the molecule is C=CC[C@H]1C[C@@](OS(C)(=O)=O)(C(=O)O)C[C@@H](O)[C@@H]1OS(C)(=O)=O. The second-order valence-electron chi connectivity index (χ2n) is 5.61. The molecule has 0 unspecified atom stereocenters. The molecule has 0 aliphatic heterocycles. The number of allylic oxidation sites excluding steroid dienone is 1. The zero-order chi connectivity index (χ0) is 18.1. The highest BCUT2D eigenvalue weighted by atomic mass is 32.2. The van der Waals surface area contributed by atoms with Crippen LogP contribution in [0.1, 0.15) is 19.3 Å². The van der Waals surface area contributed by atoms with Gasteiger partial charge in [-0.2, -0.15) is 16.8 Å². The normalized spacial score (nSPS) is 32.4. The van der Waals surface area contributed by atoms with Gasteiger partial charge in [-0.15, -0.1) is 6.58 Å². The van der Waals surface area contributed by atoms with Gasteiger partial charge in [-0.3, -0.25) is 8.37 Å². The van der Waals surface area contributed by atoms with Crippen molar-refractivity contribution >= 4 is 26.2 Å². The van der Waals surface area contributed by atoms with Crippen LogP contribution < -0.4 is 0 Å². The highest BCUT2D eigenvalue weighted by Gasteiger charge is 2.54. The topological polar surface area (TPSA) is 144 Å². The Morgan fingerprint density at radius 1 is 1.26 bits per heavy atom. The molecule has 0 aromatic carbocycles. The highest BCUT2D eigenvalue weighted by Crippen LogP contribution is 2.40. The maximum Gasteiger partial charge on any atom is 0.337 e. The molecule has 2 N–H and O–H groups in total. The minimum atomic E-state index is -4.12. The van der Waals surface area contributed by atoms with Crippen LogP contribution in [0.15, 0.2) is 12.7 Å². The van der Waals surface area contributed by atoms with Gasteiger partial charge in [-0.1, -0.05) is 6.08 Å². The molecule has 1 fully saturated rings. The summed E-state index contributed by atoms with van der Waals surface area (Å²) in [7, 11) is -8.02. The molecule has 9 nitrogen and oxygen atoms in total. The first kappa shape index (κ1) is 20.0. The van der Waals surface area contributed by atoms with Crippen LogP contribution in [0.4, 0.5) is 0 Å². The standard InChI is InChI=1S/C12H20O9S2/c1-4-5-8-6-12(11(14)15,21-23(3,18)19)7-9(13)10(8)20-22(2,16)17/h4,8-10,13H,1,5-7H2,2-3H3,(H,14,15)/t8-,9+,10+,12-/m0/s1. The predicted molar refractivity (Wildman–Crippen MR) is 79.6 cm³/mol. The quantitative estimate of drug-likeness (QED) is 0.445. The monoisotopic (exact) mass is 372 g/mol. The Morgan fingerprint density at radius 3 is 2.22 bits per heavy atom. The van der Waals surface area contributed by atoms with Crippen LogP contribution in [-0.2, 0) is 33.4 Å². The number of aliphatic hydroxyl groups excluding tert-OH is 1. The van der Waals surface area contributed by atoms with E-state index in [1.807, 2.05) is 0 Å². The molecule has 134 valence electrons. The fourth-order valence-corrected chi connectivity index (χ4v) is 4.21. The first-order valence-electron chi connectivity index (χ1n) is 6.61. The van der Waals surface area contributed by atoms with Gasteiger partial charge in [-0.05, 0) is 18.8 Å². The first-order chi connectivity index (χ1) is 10.3. The minimum Gasteiger partial charge on any atom is -0.479 e. The number of rotatable bonds is 7. The van der Waals surface area contributed by atoms with E-state index in [0.717, 1.165) is 6.26 Å². The van der Waals surface area contributed by atoms with Crippen molar-refractivity contribution in [3.05, 3.63) is 12.7 Å². The van der Waals surface area contributed by atoms with Gasteiger partial charge in [0.25, 0.3) is 20.2 Å². The summed E-state index contributed by atoms with van der Waals surface area (Å²) in [6.45, 7) is 3.48. The van der Waals surface area contributed by atoms with Crippen molar-refractivity contribution in [3.63, 3.8) is 0 Å². The van der Waals surface area contributed by atoms with Crippen molar-refractivity contribution in [1.82, 2.24) is 0 Å². The summed E-state index contributed by atoms with van der Waals surface area (Å²) in [6, 6.07) is 0. The third-order valence-electron chi connectivity index (χ3n) is 3.43. The van der Waals surface area contributed by atoms with Gasteiger partial charge in [0.15, 0.2) is 5.60 Å². The number of carboxylic acids is 1. The largest absolute Gasteiger partial charge is 0.479 e. The van der Waals surface area contributed by atoms with E-state index in [2.05, 4.69) is 6.58 Å². The van der Waals surface area contributed by atoms with Crippen LogP contribution in [0.2, 0.25) is 0 Å². The molecule has 1 aliphatic carbocycles. The van der Waals surface area contributed by atoms with Gasteiger partial charge in [0.05, 0.1) is 18.6 Å². The lowest BCUT2D eigenvalue weighted by Crippen LogP contribution is -2.56. The van der Waals surface area contributed by atoms with Gasteiger partial charge in [0, 0.05) is 6.42 Å². The fraction of sp³-hybridized carbons (Fsp3) is 0.750. The number of aliphatic hydroxyl groups is 1. The summed E-state index contributed by atoms with van der Waals surface area (Å²) >= 11 is 0. The smallest absolute Gasteiger partial charge is 0.337 e. The lowest BCUT2D eigenvalue weighted by Gasteiger charge is -2.42. The van der Waals surface area contributed by atoms with Crippen molar-refractivity contribution in [2.24, 2.45) is 5.92 Å². The molecule has 4 atom stereocenters. The molecule has 1 rings (SSSR count). The van der Waals surface area contributed by atoms with E-state index in [-0.39, 0.29) is 12.8 Å². The molecule has 1 aliphatic rings. The lowest BCUT2D eigenvalue weighted by molar-refractivity contribution is -0.170. The number of hydrogen-bond acceptors (Lipinski definition) is 8. The van der Waals surface area contributed by atoms with E-state index in [1.165, 1.54) is 6.08 Å². The predicted octanol–water partition coefficient (Wildman–Crippen LogP) is -0.522. The molecule has 0 aromatic heterocycles. The van der Waals surface area contributed by atoms with Gasteiger partial charge in [0.1, 0.15) is 6.10 Å². The fourth-order valence-electron chi connectivity index (χ4n) is 2.74. The van der Waals surface area contributed by atoms with E-state index in [0.29, 0.717) is 6.26 Å². The van der Waals surface area contributed by atoms with Gasteiger partial charge >= 0.3 is 5.97 Å². The Hall–Kier alpha value is -1.01. The van der Waals surface area contributed by atoms with Crippen LogP contribution in [0.5, 0.6) is 0 Å². The highest BCUT2D eigenvalue weighted by molar-refractivity contribution is 7.86. The van der Waals surface area contributed by atoms with Crippen LogP contribution in [-0.4, -0.2) is 63.3 Å². The summed E-state index contributed by atoms with van der Waals surface area (Å²) in [5, 5.41) is 19.5. The molecule has 0 aromatic rings. The van der Waals surface area contributed by atoms with Crippen molar-refractivity contribution in [2.45, 2.75) is 37.1 Å². The molecular formula is C12H20O9S2. The summed E-state index contributed by atoms with van der Waals surface area (Å²) in [5.41, 5.74) is -2.18. The summed E-state index contributed by atoms with van der Waals surface area (Å²) in [6.07, 6.45) is -0.710. The molecule has 0 saturated heterocycles. The van der Waals surface area contributed by atoms with Gasteiger partial charge < -0.3 is 10.2 Å². The Labute approximate surface area is 135 Å². The third-order valence-corrected chi connectivity index (χ3v) is 4.62. The van der Waals surface area contributed by atoms with E-state index < -0.39 is 56.4 Å². The number of hydrogen-bond donors (Lipinski definition) is 2. The summed E-state index contributed by atoms with van der Waals surface area (Å²) in [5.74, 6) is -2.36. The molecule has 23 heavy (non-hydrogen) atoms. The molecule has 0 radical (unpaired) electrons. The molecule has 0 amide bonds. The maximum absolute atomic E-state index is 11.6. The zero-order valence-corrected chi connectivity index (χ0v) is 14.3. The van der Waals surface area contributed by atoms with Crippen LogP contribution in [0.25, 0.3) is 0 Å². The third kappa shape index (κ3) is 5.53. The number of carboxylic acid groups (broad SMARTS) is 1. The van der Waals surface area contributed by atoms with Crippen molar-refractivity contribution < 1.29 is 40.2 Å². The molecule has 0 heterocycles. The van der Waals surface area contributed by atoms with Gasteiger partial charge in [0.2, 0.25) is 0 Å². The molecule has 0 spiro atoms. The number of aliphatic carboxylic acids is 1.